The Balaban J connectivity index is 1.66. The molecule has 3 rings (SSSR count). The van der Waals surface area contributed by atoms with Gasteiger partial charge in [-0.25, -0.2) is 4.79 Å². The molecule has 0 aliphatic carbocycles. The first-order valence-electron chi connectivity index (χ1n) is 8.74. The molecule has 9 heteroatoms. The van der Waals surface area contributed by atoms with Crippen molar-refractivity contribution in [2.75, 3.05) is 13.7 Å². The van der Waals surface area contributed by atoms with Crippen LogP contribution >= 0.6 is 11.6 Å². The van der Waals surface area contributed by atoms with E-state index in [2.05, 4.69) is 10.7 Å². The fourth-order valence-electron chi connectivity index (χ4n) is 2.94. The van der Waals surface area contributed by atoms with E-state index in [0.29, 0.717) is 27.1 Å². The summed E-state index contributed by atoms with van der Waals surface area (Å²) < 4.78 is 10.5. The lowest BCUT2D eigenvalue weighted by Gasteiger charge is -2.22. The number of hydrogen-bond donors (Lipinski definition) is 2. The van der Waals surface area contributed by atoms with Crippen LogP contribution in [0.3, 0.4) is 0 Å². The van der Waals surface area contributed by atoms with E-state index in [9.17, 15) is 14.4 Å². The molecular formula is C20H20ClN3O5. The molecule has 0 aromatic heterocycles. The lowest BCUT2D eigenvalue weighted by Crippen LogP contribution is -2.49. The summed E-state index contributed by atoms with van der Waals surface area (Å²) in [5.41, 5.74) is 2.28. The van der Waals surface area contributed by atoms with Gasteiger partial charge in [0, 0.05) is 5.02 Å². The predicted octanol–water partition coefficient (Wildman–Crippen LogP) is 2.53. The van der Waals surface area contributed by atoms with Crippen LogP contribution in [-0.4, -0.2) is 36.6 Å². The number of carbonyl (C=O) groups is 3. The zero-order valence-electron chi connectivity index (χ0n) is 16.1. The topological polar surface area (TPSA) is 97.0 Å². The normalized spacial score (nSPS) is 18.4. The Morgan fingerprint density at radius 3 is 2.52 bits per heavy atom. The molecule has 1 atom stereocenters. The molecule has 2 aromatic carbocycles. The van der Waals surface area contributed by atoms with E-state index in [-0.39, 0.29) is 6.61 Å². The van der Waals surface area contributed by atoms with Gasteiger partial charge < -0.3 is 14.8 Å². The number of amides is 4. The van der Waals surface area contributed by atoms with Crippen molar-refractivity contribution in [3.8, 4) is 11.5 Å². The van der Waals surface area contributed by atoms with Gasteiger partial charge in [0.15, 0.2) is 6.61 Å². The minimum absolute atomic E-state index is 0.376. The third-order valence-electron chi connectivity index (χ3n) is 4.59. The maximum atomic E-state index is 12.8. The summed E-state index contributed by atoms with van der Waals surface area (Å²) in [5.74, 6) is -0.163. The molecule has 152 valence electrons. The van der Waals surface area contributed by atoms with E-state index in [1.165, 1.54) is 7.11 Å². The van der Waals surface area contributed by atoms with Crippen LogP contribution in [0.2, 0.25) is 5.02 Å². The summed E-state index contributed by atoms with van der Waals surface area (Å²) in [6.07, 6.45) is 0. The molecule has 1 aliphatic rings. The molecule has 29 heavy (non-hydrogen) atoms. The smallest absolute Gasteiger partial charge is 0.344 e. The molecule has 0 radical (unpaired) electrons. The van der Waals surface area contributed by atoms with Gasteiger partial charge in [-0.1, -0.05) is 23.7 Å². The number of halogens is 1. The van der Waals surface area contributed by atoms with Crippen molar-refractivity contribution in [1.29, 1.82) is 0 Å². The zero-order valence-corrected chi connectivity index (χ0v) is 16.9. The minimum Gasteiger partial charge on any atom is -0.497 e. The zero-order chi connectivity index (χ0) is 21.2. The Kier molecular flexibility index (Phi) is 5.65. The summed E-state index contributed by atoms with van der Waals surface area (Å²) in [7, 11) is 1.53. The first-order valence-corrected chi connectivity index (χ1v) is 9.12. The Morgan fingerprint density at radius 2 is 1.90 bits per heavy atom. The Bertz CT molecular complexity index is 963. The van der Waals surface area contributed by atoms with Gasteiger partial charge in [0.1, 0.15) is 17.0 Å². The summed E-state index contributed by atoms with van der Waals surface area (Å²) in [5, 5.41) is 3.81. The second-order valence-electron chi connectivity index (χ2n) is 6.66. The van der Waals surface area contributed by atoms with E-state index in [1.807, 2.05) is 0 Å². The molecule has 1 heterocycles. The second-order valence-corrected chi connectivity index (χ2v) is 7.09. The molecule has 1 aliphatic heterocycles. The van der Waals surface area contributed by atoms with E-state index in [0.717, 1.165) is 5.56 Å². The van der Waals surface area contributed by atoms with Gasteiger partial charge in [0.25, 0.3) is 11.8 Å². The Morgan fingerprint density at radius 1 is 1.21 bits per heavy atom. The highest BCUT2D eigenvalue weighted by Crippen LogP contribution is 2.29. The van der Waals surface area contributed by atoms with Gasteiger partial charge in [0.2, 0.25) is 0 Å². The first-order chi connectivity index (χ1) is 13.7. The molecule has 8 nitrogen and oxygen atoms in total. The number of methoxy groups -OCH3 is 1. The Hall–Kier alpha value is -3.26. The van der Waals surface area contributed by atoms with Crippen LogP contribution in [-0.2, 0) is 15.1 Å². The van der Waals surface area contributed by atoms with Crippen LogP contribution in [0.25, 0.3) is 0 Å². The largest absolute Gasteiger partial charge is 0.497 e. The number of nitrogens with one attached hydrogen (secondary N) is 2. The third-order valence-corrected chi connectivity index (χ3v) is 4.83. The number of rotatable bonds is 6. The number of urea groups is 1. The standard InChI is InChI=1S/C20H20ClN3O5/c1-12-10-14(21)6-9-16(12)29-11-17(25)23-24-18(26)20(2,22-19(24)27)13-4-7-15(28-3)8-5-13/h4-10H,11H2,1-3H3,(H,22,27)(H,23,25)/t20-/m0/s1. The van der Waals surface area contributed by atoms with Crippen molar-refractivity contribution in [2.45, 2.75) is 19.4 Å². The lowest BCUT2D eigenvalue weighted by molar-refractivity contribution is -0.139. The van der Waals surface area contributed by atoms with E-state index < -0.39 is 23.4 Å². The van der Waals surface area contributed by atoms with Gasteiger partial charge in [-0.05, 0) is 55.3 Å². The van der Waals surface area contributed by atoms with Gasteiger partial charge in [-0.3, -0.25) is 15.0 Å². The van der Waals surface area contributed by atoms with Gasteiger partial charge >= 0.3 is 6.03 Å². The number of carbonyl (C=O) groups excluding carboxylic acids is 3. The number of aryl methyl sites for hydroxylation is 1. The van der Waals surface area contributed by atoms with Crippen molar-refractivity contribution >= 4 is 29.4 Å². The molecule has 0 unspecified atom stereocenters. The van der Waals surface area contributed by atoms with E-state index in [1.54, 1.807) is 56.3 Å². The third kappa shape index (κ3) is 4.12. The maximum Gasteiger partial charge on any atom is 0.344 e. The SMILES string of the molecule is COc1ccc([C@]2(C)NC(=O)N(NC(=O)COc3ccc(Cl)cc3C)C2=O)cc1. The highest BCUT2D eigenvalue weighted by Gasteiger charge is 2.50. The van der Waals surface area contributed by atoms with Crippen molar-refractivity contribution in [3.05, 3.63) is 58.6 Å². The highest BCUT2D eigenvalue weighted by molar-refractivity contribution is 6.30. The number of benzene rings is 2. The van der Waals surface area contributed by atoms with Crippen molar-refractivity contribution in [2.24, 2.45) is 0 Å². The fraction of sp³-hybridized carbons (Fsp3) is 0.250. The molecule has 0 spiro atoms. The van der Waals surface area contributed by atoms with Crippen LogP contribution in [0, 0.1) is 6.92 Å². The van der Waals surface area contributed by atoms with Crippen LogP contribution < -0.4 is 20.2 Å². The molecule has 1 fully saturated rings. The second kappa shape index (κ2) is 8.00. The summed E-state index contributed by atoms with van der Waals surface area (Å²) in [4.78, 5) is 37.4. The Labute approximate surface area is 172 Å². The van der Waals surface area contributed by atoms with Crippen molar-refractivity contribution in [3.63, 3.8) is 0 Å². The number of imide groups is 1. The maximum absolute atomic E-state index is 12.8. The quantitative estimate of drug-likeness (QED) is 0.704. The molecule has 1 saturated heterocycles. The number of ether oxygens (including phenoxy) is 2. The van der Waals surface area contributed by atoms with Crippen molar-refractivity contribution in [1.82, 2.24) is 15.8 Å². The van der Waals surface area contributed by atoms with E-state index >= 15 is 0 Å². The van der Waals surface area contributed by atoms with Gasteiger partial charge in [0.05, 0.1) is 7.11 Å². The summed E-state index contributed by atoms with van der Waals surface area (Å²) in [6, 6.07) is 11.0. The van der Waals surface area contributed by atoms with Crippen LogP contribution in [0.5, 0.6) is 11.5 Å². The highest BCUT2D eigenvalue weighted by atomic mass is 35.5. The van der Waals surface area contributed by atoms with Gasteiger partial charge in [-0.15, -0.1) is 0 Å². The average molecular weight is 418 g/mol. The molecular weight excluding hydrogens is 398 g/mol. The number of nitrogens with zero attached hydrogens (tertiary/aromatic N) is 1. The predicted molar refractivity (Wildman–Crippen MR) is 106 cm³/mol. The summed E-state index contributed by atoms with van der Waals surface area (Å²) >= 11 is 5.89. The first kappa shape index (κ1) is 20.5. The molecule has 0 bridgehead atoms. The molecule has 0 saturated carbocycles. The molecule has 2 N–H and O–H groups in total. The number of hydrogen-bond acceptors (Lipinski definition) is 5. The average Bonchev–Trinajstić information content (AvgIpc) is 2.91. The fourth-order valence-corrected chi connectivity index (χ4v) is 3.16. The lowest BCUT2D eigenvalue weighted by atomic mass is 9.92. The summed E-state index contributed by atoms with van der Waals surface area (Å²) in [6.45, 7) is 2.98. The van der Waals surface area contributed by atoms with E-state index in [4.69, 9.17) is 21.1 Å². The molecule has 4 amide bonds. The molecule has 2 aromatic rings. The van der Waals surface area contributed by atoms with Crippen LogP contribution in [0.15, 0.2) is 42.5 Å². The van der Waals surface area contributed by atoms with Crippen LogP contribution in [0.1, 0.15) is 18.1 Å². The number of hydrazine groups is 1. The monoisotopic (exact) mass is 417 g/mol. The van der Waals surface area contributed by atoms with Crippen molar-refractivity contribution < 1.29 is 23.9 Å². The van der Waals surface area contributed by atoms with Crippen LogP contribution in [0.4, 0.5) is 4.79 Å². The van der Waals surface area contributed by atoms with Gasteiger partial charge in [-0.2, -0.15) is 5.01 Å². The minimum atomic E-state index is -1.32.